The first kappa shape index (κ1) is 17.9. The number of aromatic nitrogens is 2. The fourth-order valence-corrected chi connectivity index (χ4v) is 4.04. The van der Waals surface area contributed by atoms with E-state index in [9.17, 15) is 18.4 Å². The molecule has 6 nitrogen and oxygen atoms in total. The van der Waals surface area contributed by atoms with Gasteiger partial charge in [-0.15, -0.1) is 0 Å². The fourth-order valence-electron chi connectivity index (χ4n) is 4.04. The quantitative estimate of drug-likeness (QED) is 0.485. The van der Waals surface area contributed by atoms with Gasteiger partial charge in [0.2, 0.25) is 0 Å². The van der Waals surface area contributed by atoms with Crippen LogP contribution in [-0.2, 0) is 27.4 Å². The van der Waals surface area contributed by atoms with E-state index >= 15 is 0 Å². The molecule has 0 unspecified atom stereocenters. The van der Waals surface area contributed by atoms with Gasteiger partial charge in [0.15, 0.2) is 11.6 Å². The monoisotopic (exact) mass is 398 g/mol. The molecule has 2 aliphatic heterocycles. The Labute approximate surface area is 163 Å². The Balaban J connectivity index is 1.73. The molecule has 0 spiro atoms. The third-order valence-corrected chi connectivity index (χ3v) is 5.39. The highest BCUT2D eigenvalue weighted by atomic mass is 19.2. The Kier molecular flexibility index (Phi) is 3.99. The molecule has 4 heterocycles. The average Bonchev–Trinajstić information content (AvgIpc) is 2.95. The molecule has 29 heavy (non-hydrogen) atoms. The van der Waals surface area contributed by atoms with Gasteiger partial charge in [0.1, 0.15) is 6.61 Å². The van der Waals surface area contributed by atoms with Crippen LogP contribution in [-0.4, -0.2) is 22.1 Å². The summed E-state index contributed by atoms with van der Waals surface area (Å²) in [5.74, 6) is -2.35. The van der Waals surface area contributed by atoms with E-state index in [1.807, 2.05) is 6.92 Å². The Morgan fingerprint density at radius 1 is 1.21 bits per heavy atom. The van der Waals surface area contributed by atoms with Crippen molar-refractivity contribution in [2.45, 2.75) is 32.6 Å². The smallest absolute Gasteiger partial charge is 0.309 e. The zero-order valence-electron chi connectivity index (χ0n) is 15.5. The lowest BCUT2D eigenvalue weighted by Crippen LogP contribution is -2.25. The Bertz CT molecular complexity index is 1250. The third kappa shape index (κ3) is 2.74. The minimum atomic E-state index is -0.977. The molecule has 1 atom stereocenters. The molecule has 2 aliphatic rings. The van der Waals surface area contributed by atoms with E-state index in [1.54, 1.807) is 16.7 Å². The standard InChI is InChI=1S/C21H16F2N2O4/c1-2-28-18-7-19(26)29-9-13-12(18)5-17-20-11(8-25(17)21(13)27)3-10-4-14(22)15(23)6-16(10)24-20/h3-6,18H,2,7-9H2,1H3/t18-/m1/s1. The van der Waals surface area contributed by atoms with Crippen LogP contribution >= 0.6 is 0 Å². The lowest BCUT2D eigenvalue weighted by molar-refractivity contribution is -0.147. The summed E-state index contributed by atoms with van der Waals surface area (Å²) in [6.07, 6.45) is -0.564. The number of carbonyl (C=O) groups is 1. The molecule has 8 heteroatoms. The maximum Gasteiger partial charge on any atom is 0.309 e. The second-order valence-electron chi connectivity index (χ2n) is 7.12. The summed E-state index contributed by atoms with van der Waals surface area (Å²) in [4.78, 5) is 29.6. The molecular weight excluding hydrogens is 382 g/mol. The molecule has 0 saturated heterocycles. The van der Waals surface area contributed by atoms with Crippen molar-refractivity contribution in [2.75, 3.05) is 6.61 Å². The summed E-state index contributed by atoms with van der Waals surface area (Å²) < 4.78 is 39.7. The molecule has 0 fully saturated rings. The fraction of sp³-hybridized carbons (Fsp3) is 0.286. The van der Waals surface area contributed by atoms with Gasteiger partial charge in [0.05, 0.1) is 41.5 Å². The Morgan fingerprint density at radius 2 is 2.00 bits per heavy atom. The van der Waals surface area contributed by atoms with E-state index < -0.39 is 23.7 Å². The van der Waals surface area contributed by atoms with Gasteiger partial charge in [0.25, 0.3) is 5.56 Å². The number of esters is 1. The first-order valence-corrected chi connectivity index (χ1v) is 9.29. The maximum atomic E-state index is 13.7. The van der Waals surface area contributed by atoms with E-state index in [0.29, 0.717) is 40.0 Å². The summed E-state index contributed by atoms with van der Waals surface area (Å²) in [6.45, 7) is 2.33. The number of rotatable bonds is 2. The van der Waals surface area contributed by atoms with Gasteiger partial charge < -0.3 is 14.0 Å². The van der Waals surface area contributed by atoms with Crippen molar-refractivity contribution in [2.24, 2.45) is 0 Å². The number of ether oxygens (including phenoxy) is 2. The average molecular weight is 398 g/mol. The highest BCUT2D eigenvalue weighted by Crippen LogP contribution is 2.36. The lowest BCUT2D eigenvalue weighted by atomic mass is 10.0. The van der Waals surface area contributed by atoms with Gasteiger partial charge in [-0.2, -0.15) is 0 Å². The number of nitrogens with zero attached hydrogens (tertiary/aromatic N) is 2. The zero-order valence-corrected chi connectivity index (χ0v) is 15.5. The first-order valence-electron chi connectivity index (χ1n) is 9.29. The minimum absolute atomic E-state index is 0.0201. The van der Waals surface area contributed by atoms with Crippen LogP contribution < -0.4 is 5.56 Å². The number of cyclic esters (lactones) is 1. The van der Waals surface area contributed by atoms with Crippen molar-refractivity contribution in [1.29, 1.82) is 0 Å². The van der Waals surface area contributed by atoms with E-state index in [2.05, 4.69) is 4.98 Å². The molecule has 3 aromatic rings. The van der Waals surface area contributed by atoms with Gasteiger partial charge in [-0.3, -0.25) is 9.59 Å². The summed E-state index contributed by atoms with van der Waals surface area (Å²) in [5, 5.41) is 0.464. The topological polar surface area (TPSA) is 70.4 Å². The van der Waals surface area contributed by atoms with Crippen molar-refractivity contribution in [3.63, 3.8) is 0 Å². The van der Waals surface area contributed by atoms with Crippen molar-refractivity contribution < 1.29 is 23.0 Å². The van der Waals surface area contributed by atoms with Crippen LogP contribution in [0.4, 0.5) is 8.78 Å². The number of carbonyl (C=O) groups excluding carboxylic acids is 1. The Hall–Kier alpha value is -3.13. The zero-order chi connectivity index (χ0) is 20.3. The van der Waals surface area contributed by atoms with Gasteiger partial charge in [-0.1, -0.05) is 0 Å². The summed E-state index contributed by atoms with van der Waals surface area (Å²) in [5.41, 5.74) is 2.85. The predicted octanol–water partition coefficient (Wildman–Crippen LogP) is 3.23. The van der Waals surface area contributed by atoms with Crippen LogP contribution in [0.2, 0.25) is 0 Å². The van der Waals surface area contributed by atoms with E-state index in [4.69, 9.17) is 9.47 Å². The summed E-state index contributed by atoms with van der Waals surface area (Å²) in [6, 6.07) is 5.66. The normalized spacial score (nSPS) is 17.5. The molecule has 0 bridgehead atoms. The van der Waals surface area contributed by atoms with Crippen LogP contribution in [0.25, 0.3) is 22.3 Å². The number of halogens is 2. The molecular formula is C21H16F2N2O4. The molecule has 0 radical (unpaired) electrons. The summed E-state index contributed by atoms with van der Waals surface area (Å²) in [7, 11) is 0. The second kappa shape index (κ2) is 6.45. The van der Waals surface area contributed by atoms with Gasteiger partial charge in [0, 0.05) is 23.6 Å². The molecule has 148 valence electrons. The molecule has 0 saturated carbocycles. The SMILES string of the molecule is CCO[C@@H]1CC(=O)OCc2c1cc1n(c2=O)Cc2cc3cc(F)c(F)cc3nc2-1. The van der Waals surface area contributed by atoms with Crippen molar-refractivity contribution in [3.05, 3.63) is 62.9 Å². The van der Waals surface area contributed by atoms with Crippen LogP contribution in [0.15, 0.2) is 29.1 Å². The number of fused-ring (bicyclic) bond motifs is 5. The maximum absolute atomic E-state index is 13.7. The van der Waals surface area contributed by atoms with Crippen molar-refractivity contribution in [1.82, 2.24) is 9.55 Å². The van der Waals surface area contributed by atoms with E-state index in [1.165, 1.54) is 0 Å². The predicted molar refractivity (Wildman–Crippen MR) is 99.2 cm³/mol. The van der Waals surface area contributed by atoms with Crippen molar-refractivity contribution in [3.8, 4) is 11.4 Å². The molecule has 0 aliphatic carbocycles. The van der Waals surface area contributed by atoms with Gasteiger partial charge in [-0.05, 0) is 30.7 Å². The van der Waals surface area contributed by atoms with Crippen molar-refractivity contribution >= 4 is 16.9 Å². The van der Waals surface area contributed by atoms with Gasteiger partial charge >= 0.3 is 5.97 Å². The second-order valence-corrected chi connectivity index (χ2v) is 7.12. The van der Waals surface area contributed by atoms with Crippen LogP contribution in [0.5, 0.6) is 0 Å². The number of hydrogen-bond acceptors (Lipinski definition) is 5. The molecule has 0 amide bonds. The molecule has 2 aromatic heterocycles. The largest absolute Gasteiger partial charge is 0.460 e. The van der Waals surface area contributed by atoms with Crippen LogP contribution in [0, 0.1) is 11.6 Å². The molecule has 5 rings (SSSR count). The summed E-state index contributed by atoms with van der Waals surface area (Å²) >= 11 is 0. The lowest BCUT2D eigenvalue weighted by Gasteiger charge is -2.17. The molecule has 1 aromatic carbocycles. The number of benzene rings is 1. The molecule has 0 N–H and O–H groups in total. The number of pyridine rings is 2. The highest BCUT2D eigenvalue weighted by molar-refractivity contribution is 5.84. The van der Waals surface area contributed by atoms with E-state index in [-0.39, 0.29) is 25.1 Å². The van der Waals surface area contributed by atoms with Crippen LogP contribution in [0.3, 0.4) is 0 Å². The third-order valence-electron chi connectivity index (χ3n) is 5.39. The van der Waals surface area contributed by atoms with Crippen LogP contribution in [0.1, 0.15) is 36.1 Å². The minimum Gasteiger partial charge on any atom is -0.460 e. The Morgan fingerprint density at radius 3 is 2.79 bits per heavy atom. The first-order chi connectivity index (χ1) is 14.0. The van der Waals surface area contributed by atoms with Gasteiger partial charge in [-0.25, -0.2) is 13.8 Å². The number of hydrogen-bond donors (Lipinski definition) is 0. The van der Waals surface area contributed by atoms with E-state index in [0.717, 1.165) is 17.7 Å². The highest BCUT2D eigenvalue weighted by Gasteiger charge is 2.31.